The molecule has 0 atom stereocenters. The molecule has 2 nitrogen and oxygen atoms in total. The van der Waals surface area contributed by atoms with Crippen LogP contribution < -0.4 is 21.2 Å². The number of rotatable bonds is 10. The zero-order valence-electron chi connectivity index (χ0n) is 19.6. The molecule has 182 valence electrons. The number of halogens is 1. The maximum atomic E-state index is 8.00. The summed E-state index contributed by atoms with van der Waals surface area (Å²) in [6.07, 6.45) is 2.22. The van der Waals surface area contributed by atoms with Gasteiger partial charge < -0.3 is 10.1 Å². The van der Waals surface area contributed by atoms with Gasteiger partial charge in [0.15, 0.2) is 0 Å². The first-order valence-corrected chi connectivity index (χ1v) is 16.5. The molecule has 0 bridgehead atoms. The molecule has 0 N–H and O–H groups in total. The van der Waals surface area contributed by atoms with Crippen LogP contribution in [0.2, 0.25) is 0 Å². The summed E-state index contributed by atoms with van der Waals surface area (Å²) >= 11 is 1.82. The van der Waals surface area contributed by atoms with Crippen molar-refractivity contribution in [3.05, 3.63) is 127 Å². The molecule has 0 heterocycles. The topological polar surface area (TPSA) is 31.2 Å². The third kappa shape index (κ3) is 10.0. The van der Waals surface area contributed by atoms with E-state index >= 15 is 0 Å². The normalized spacial score (nSPS) is 10.2. The van der Waals surface area contributed by atoms with Crippen molar-refractivity contribution in [1.29, 1.82) is 0 Å². The van der Waals surface area contributed by atoms with E-state index < -0.39 is 0 Å². The molecule has 0 aliphatic carbocycles. The van der Waals surface area contributed by atoms with E-state index in [4.69, 9.17) is 10.1 Å². The molecule has 0 radical (unpaired) electrons. The SMILES string of the molecule is C=O.[Cl][Ru+].c1ccc(P(CC[N-]CCP(c2ccccc2)c2ccccc2)c2ccccc2)cc1. The van der Waals surface area contributed by atoms with E-state index in [0.29, 0.717) is 0 Å². The Morgan fingerprint density at radius 1 is 0.514 bits per heavy atom. The quantitative estimate of drug-likeness (QED) is 0.121. The monoisotopic (exact) mass is 607 g/mol. The molecule has 0 amide bonds. The minimum atomic E-state index is -0.359. The molecule has 4 aromatic carbocycles. The zero-order chi connectivity index (χ0) is 25.1. The van der Waals surface area contributed by atoms with Gasteiger partial charge in [0.1, 0.15) is 6.79 Å². The summed E-state index contributed by atoms with van der Waals surface area (Å²) in [4.78, 5) is 8.00. The van der Waals surface area contributed by atoms with Gasteiger partial charge in [-0.2, -0.15) is 0 Å². The van der Waals surface area contributed by atoms with Gasteiger partial charge in [-0.15, -0.1) is 13.1 Å². The Morgan fingerprint density at radius 2 is 0.743 bits per heavy atom. The summed E-state index contributed by atoms with van der Waals surface area (Å²) in [6.45, 7) is 3.84. The molecular weight excluding hydrogens is 577 g/mol. The Labute approximate surface area is 226 Å². The van der Waals surface area contributed by atoms with E-state index in [1.165, 1.54) is 21.2 Å². The number of carbonyl (C=O) groups is 1. The van der Waals surface area contributed by atoms with Gasteiger partial charge in [-0.3, -0.25) is 0 Å². The predicted molar refractivity (Wildman–Crippen MR) is 154 cm³/mol. The summed E-state index contributed by atoms with van der Waals surface area (Å²) in [6, 6.07) is 43.7. The maximum absolute atomic E-state index is 8.00. The molecular formula is C29H30ClNOP2Ru. The predicted octanol–water partition coefficient (Wildman–Crippen LogP) is 6.13. The van der Waals surface area contributed by atoms with Crippen LogP contribution in [-0.2, 0) is 22.1 Å². The maximum Gasteiger partial charge on any atom is -0.0196 e. The van der Waals surface area contributed by atoms with E-state index in [0.717, 1.165) is 25.4 Å². The summed E-state index contributed by atoms with van der Waals surface area (Å²) in [5, 5.41) is 10.7. The van der Waals surface area contributed by atoms with Crippen LogP contribution in [0.5, 0.6) is 0 Å². The van der Waals surface area contributed by atoms with Crippen molar-refractivity contribution in [2.24, 2.45) is 0 Å². The van der Waals surface area contributed by atoms with Crippen LogP contribution in [-0.4, -0.2) is 32.2 Å². The Hall–Kier alpha value is -1.72. The number of hydrogen-bond donors (Lipinski definition) is 0. The van der Waals surface area contributed by atoms with Gasteiger partial charge >= 0.3 is 27.0 Å². The first-order valence-electron chi connectivity index (χ1n) is 11.2. The molecule has 0 saturated heterocycles. The second kappa shape index (κ2) is 18.5. The van der Waals surface area contributed by atoms with Crippen molar-refractivity contribution in [1.82, 2.24) is 0 Å². The second-order valence-corrected chi connectivity index (χ2v) is 12.0. The molecule has 4 rings (SSSR count). The Kier molecular flexibility index (Phi) is 15.6. The largest absolute Gasteiger partial charge is 0.662 e. The molecule has 0 fully saturated rings. The molecule has 0 spiro atoms. The average molecular weight is 607 g/mol. The van der Waals surface area contributed by atoms with Gasteiger partial charge in [-0.25, -0.2) is 0 Å². The van der Waals surface area contributed by atoms with E-state index in [1.807, 2.05) is 24.1 Å². The summed E-state index contributed by atoms with van der Waals surface area (Å²) in [5.74, 6) is 0. The fourth-order valence-electron chi connectivity index (χ4n) is 3.70. The first-order chi connectivity index (χ1) is 17.4. The van der Waals surface area contributed by atoms with Gasteiger partial charge in [0.25, 0.3) is 0 Å². The number of benzene rings is 4. The van der Waals surface area contributed by atoms with Gasteiger partial charge in [0.2, 0.25) is 0 Å². The Bertz CT molecular complexity index is 879. The van der Waals surface area contributed by atoms with Crippen molar-refractivity contribution in [2.45, 2.75) is 0 Å². The van der Waals surface area contributed by atoms with Crippen LogP contribution in [0.15, 0.2) is 121 Å². The van der Waals surface area contributed by atoms with Crippen LogP contribution in [0.4, 0.5) is 0 Å². The van der Waals surface area contributed by atoms with Crippen molar-refractivity contribution < 1.29 is 22.1 Å². The molecule has 0 aliphatic heterocycles. The second-order valence-electron chi connectivity index (χ2n) is 7.32. The van der Waals surface area contributed by atoms with Crippen LogP contribution in [0.3, 0.4) is 0 Å². The van der Waals surface area contributed by atoms with E-state index in [1.54, 1.807) is 0 Å². The van der Waals surface area contributed by atoms with E-state index in [9.17, 15) is 0 Å². The number of nitrogens with zero attached hydrogens (tertiary/aromatic N) is 1. The van der Waals surface area contributed by atoms with Crippen LogP contribution >= 0.6 is 25.5 Å². The molecule has 4 aromatic rings. The zero-order valence-corrected chi connectivity index (χ0v) is 23.8. The van der Waals surface area contributed by atoms with Crippen molar-refractivity contribution in [3.8, 4) is 0 Å². The van der Waals surface area contributed by atoms with Gasteiger partial charge in [-0.05, 0) is 49.4 Å². The summed E-state index contributed by atoms with van der Waals surface area (Å²) < 4.78 is 0. The van der Waals surface area contributed by atoms with Crippen molar-refractivity contribution in [3.63, 3.8) is 0 Å². The van der Waals surface area contributed by atoms with Gasteiger partial charge in [0, 0.05) is 0 Å². The minimum Gasteiger partial charge on any atom is -0.662 e. The number of hydrogen-bond acceptors (Lipinski definition) is 1. The van der Waals surface area contributed by atoms with Gasteiger partial charge in [-0.1, -0.05) is 121 Å². The molecule has 0 aromatic heterocycles. The smallest absolute Gasteiger partial charge is 0.0196 e. The molecule has 0 aliphatic rings. The third-order valence-electron chi connectivity index (χ3n) is 5.23. The standard InChI is InChI=1S/C28H28NP2.CH2O.ClH.Ru/c1-5-13-25(14-6-1)30(26-15-7-2-8-16-26)23-21-29-22-24-31(27-17-9-3-10-18-27)28-19-11-4-12-20-28;1-2;;/h1-20H,21-24H2;1H2;1H;/q-1;;;+2/p-1. The van der Waals surface area contributed by atoms with Crippen molar-refractivity contribution >= 4 is 53.5 Å². The molecule has 0 saturated carbocycles. The van der Waals surface area contributed by atoms with Crippen LogP contribution in [0.25, 0.3) is 5.32 Å². The van der Waals surface area contributed by atoms with Crippen LogP contribution in [0.1, 0.15) is 0 Å². The fourth-order valence-corrected chi connectivity index (χ4v) is 8.14. The fraction of sp³-hybridized carbons (Fsp3) is 0.138. The van der Waals surface area contributed by atoms with E-state index in [2.05, 4.69) is 131 Å². The minimum absolute atomic E-state index is 0.359. The summed E-state index contributed by atoms with van der Waals surface area (Å²) in [7, 11) is 3.85. The van der Waals surface area contributed by atoms with Crippen LogP contribution in [0, 0.1) is 0 Å². The van der Waals surface area contributed by atoms with Crippen molar-refractivity contribution in [2.75, 3.05) is 25.4 Å². The summed E-state index contributed by atoms with van der Waals surface area (Å²) in [5.41, 5.74) is 0. The molecule has 35 heavy (non-hydrogen) atoms. The first kappa shape index (κ1) is 29.5. The van der Waals surface area contributed by atoms with E-state index in [-0.39, 0.29) is 15.8 Å². The molecule has 6 heteroatoms. The Morgan fingerprint density at radius 3 is 0.971 bits per heavy atom. The average Bonchev–Trinajstić information content (AvgIpc) is 2.97. The third-order valence-corrected chi connectivity index (χ3v) is 10.2. The van der Waals surface area contributed by atoms with Gasteiger partial charge in [0.05, 0.1) is 0 Å². The number of carbonyl (C=O) groups excluding carboxylic acids is 1. The Balaban J connectivity index is 0.00000103. The molecule has 0 unspecified atom stereocenters.